The molecule has 0 bridgehead atoms. The molecule has 3 rings (SSSR count). The van der Waals surface area contributed by atoms with Crippen molar-refractivity contribution in [3.05, 3.63) is 35.9 Å². The van der Waals surface area contributed by atoms with Gasteiger partial charge in [-0.05, 0) is 38.4 Å². The molecule has 0 atom stereocenters. The number of rotatable bonds is 7. The molecule has 1 saturated carbocycles. The number of piperazine rings is 1. The second-order valence-corrected chi connectivity index (χ2v) is 7.75. The number of hydrogen-bond donors (Lipinski definition) is 1. The van der Waals surface area contributed by atoms with Gasteiger partial charge in [-0.25, -0.2) is 4.79 Å². The second-order valence-electron chi connectivity index (χ2n) is 7.75. The van der Waals surface area contributed by atoms with Gasteiger partial charge in [0.15, 0.2) is 0 Å². The van der Waals surface area contributed by atoms with Crippen molar-refractivity contribution in [2.75, 3.05) is 46.3 Å². The summed E-state index contributed by atoms with van der Waals surface area (Å²) in [7, 11) is 2.23. The second kappa shape index (κ2) is 9.93. The first-order valence-electron chi connectivity index (χ1n) is 10.2. The van der Waals surface area contributed by atoms with Crippen LogP contribution in [0.4, 0.5) is 4.79 Å². The highest BCUT2D eigenvalue weighted by Crippen LogP contribution is 2.22. The number of carbonyl (C=O) groups is 1. The molecule has 2 fully saturated rings. The fourth-order valence-electron chi connectivity index (χ4n) is 4.11. The standard InChI is InChI=1S/C21H34N4O/c1-23(20-10-5-6-11-20)13-7-12-22-21(26)25-16-14-24(15-17-25)18-19-8-3-2-4-9-19/h2-4,8-9,20H,5-7,10-18H2,1H3,(H,22,26). The van der Waals surface area contributed by atoms with Gasteiger partial charge in [0.25, 0.3) is 0 Å². The van der Waals surface area contributed by atoms with Crippen LogP contribution in [-0.2, 0) is 6.54 Å². The fraction of sp³-hybridized carbons (Fsp3) is 0.667. The summed E-state index contributed by atoms with van der Waals surface area (Å²) in [6.07, 6.45) is 6.48. The number of hydrogen-bond acceptors (Lipinski definition) is 3. The Morgan fingerprint density at radius 1 is 1.12 bits per heavy atom. The van der Waals surface area contributed by atoms with Crippen molar-refractivity contribution in [2.24, 2.45) is 0 Å². The van der Waals surface area contributed by atoms with Crippen molar-refractivity contribution in [2.45, 2.75) is 44.7 Å². The van der Waals surface area contributed by atoms with E-state index in [1.165, 1.54) is 31.2 Å². The smallest absolute Gasteiger partial charge is 0.317 e. The minimum atomic E-state index is 0.105. The Morgan fingerprint density at radius 3 is 2.50 bits per heavy atom. The third kappa shape index (κ3) is 5.71. The highest BCUT2D eigenvalue weighted by atomic mass is 16.2. The van der Waals surface area contributed by atoms with E-state index in [2.05, 4.69) is 52.5 Å². The zero-order valence-corrected chi connectivity index (χ0v) is 16.2. The Hall–Kier alpha value is -1.59. The molecule has 1 aromatic carbocycles. The Bertz CT molecular complexity index is 536. The van der Waals surface area contributed by atoms with Gasteiger partial charge < -0.3 is 15.1 Å². The van der Waals surface area contributed by atoms with Crippen LogP contribution in [-0.4, -0.2) is 73.1 Å². The Morgan fingerprint density at radius 2 is 1.81 bits per heavy atom. The van der Waals surface area contributed by atoms with Gasteiger partial charge in [-0.1, -0.05) is 43.2 Å². The molecule has 0 unspecified atom stereocenters. The molecular weight excluding hydrogens is 324 g/mol. The molecule has 1 N–H and O–H groups in total. The minimum Gasteiger partial charge on any atom is -0.338 e. The van der Waals surface area contributed by atoms with E-state index in [1.54, 1.807) is 0 Å². The first kappa shape index (κ1) is 19.2. The molecular formula is C21H34N4O. The molecule has 26 heavy (non-hydrogen) atoms. The lowest BCUT2D eigenvalue weighted by molar-refractivity contribution is 0.135. The molecule has 5 heteroatoms. The first-order chi connectivity index (χ1) is 12.7. The van der Waals surface area contributed by atoms with Gasteiger partial charge in [0.05, 0.1) is 0 Å². The molecule has 1 aliphatic heterocycles. The summed E-state index contributed by atoms with van der Waals surface area (Å²) in [5, 5.41) is 3.10. The van der Waals surface area contributed by atoms with E-state index in [9.17, 15) is 4.79 Å². The van der Waals surface area contributed by atoms with E-state index in [-0.39, 0.29) is 6.03 Å². The van der Waals surface area contributed by atoms with Crippen LogP contribution >= 0.6 is 0 Å². The monoisotopic (exact) mass is 358 g/mol. The Kier molecular flexibility index (Phi) is 7.32. The number of nitrogens with one attached hydrogen (secondary N) is 1. The van der Waals surface area contributed by atoms with Gasteiger partial charge in [0.1, 0.15) is 0 Å². The van der Waals surface area contributed by atoms with E-state index in [0.717, 1.165) is 58.3 Å². The molecule has 0 aromatic heterocycles. The molecule has 1 aliphatic carbocycles. The average molecular weight is 359 g/mol. The van der Waals surface area contributed by atoms with Crippen LogP contribution in [0.1, 0.15) is 37.7 Å². The Labute approximate surface area is 158 Å². The summed E-state index contributed by atoms with van der Waals surface area (Å²) in [4.78, 5) is 19.2. The van der Waals surface area contributed by atoms with Crippen LogP contribution in [0.2, 0.25) is 0 Å². The molecule has 0 radical (unpaired) electrons. The SMILES string of the molecule is CN(CCCNC(=O)N1CCN(Cc2ccccc2)CC1)C1CCCC1. The maximum atomic E-state index is 12.3. The van der Waals surface area contributed by atoms with Crippen molar-refractivity contribution in [3.8, 4) is 0 Å². The van der Waals surface area contributed by atoms with E-state index in [0.29, 0.717) is 0 Å². The van der Waals surface area contributed by atoms with Crippen molar-refractivity contribution in [3.63, 3.8) is 0 Å². The third-order valence-corrected chi connectivity index (χ3v) is 5.82. The zero-order valence-electron chi connectivity index (χ0n) is 16.2. The van der Waals surface area contributed by atoms with Crippen LogP contribution in [0, 0.1) is 0 Å². The van der Waals surface area contributed by atoms with Crippen molar-refractivity contribution in [1.29, 1.82) is 0 Å². The maximum Gasteiger partial charge on any atom is 0.317 e. The Balaban J connectivity index is 1.28. The first-order valence-corrected chi connectivity index (χ1v) is 10.2. The fourth-order valence-corrected chi connectivity index (χ4v) is 4.11. The molecule has 1 saturated heterocycles. The van der Waals surface area contributed by atoms with Gasteiger partial charge in [-0.15, -0.1) is 0 Å². The lowest BCUT2D eigenvalue weighted by Crippen LogP contribution is -2.51. The van der Waals surface area contributed by atoms with Crippen molar-refractivity contribution in [1.82, 2.24) is 20.0 Å². The number of amides is 2. The van der Waals surface area contributed by atoms with E-state index < -0.39 is 0 Å². The van der Waals surface area contributed by atoms with Crippen LogP contribution < -0.4 is 5.32 Å². The molecule has 1 aromatic rings. The molecule has 2 amide bonds. The predicted octanol–water partition coefficient (Wildman–Crippen LogP) is 2.78. The molecule has 1 heterocycles. The average Bonchev–Trinajstić information content (AvgIpc) is 3.21. The summed E-state index contributed by atoms with van der Waals surface area (Å²) in [6.45, 7) is 6.38. The third-order valence-electron chi connectivity index (χ3n) is 5.82. The van der Waals surface area contributed by atoms with E-state index in [4.69, 9.17) is 0 Å². The van der Waals surface area contributed by atoms with Gasteiger partial charge in [-0.2, -0.15) is 0 Å². The lowest BCUT2D eigenvalue weighted by atomic mass is 10.2. The summed E-state index contributed by atoms with van der Waals surface area (Å²) < 4.78 is 0. The highest BCUT2D eigenvalue weighted by Gasteiger charge is 2.21. The maximum absolute atomic E-state index is 12.3. The number of nitrogens with zero attached hydrogens (tertiary/aromatic N) is 3. The van der Waals surface area contributed by atoms with Crippen LogP contribution in [0.5, 0.6) is 0 Å². The van der Waals surface area contributed by atoms with Crippen LogP contribution in [0.15, 0.2) is 30.3 Å². The minimum absolute atomic E-state index is 0.105. The van der Waals surface area contributed by atoms with E-state index >= 15 is 0 Å². The van der Waals surface area contributed by atoms with Gasteiger partial charge in [0.2, 0.25) is 0 Å². The van der Waals surface area contributed by atoms with Crippen molar-refractivity contribution < 1.29 is 4.79 Å². The molecule has 2 aliphatic rings. The number of benzene rings is 1. The summed E-state index contributed by atoms with van der Waals surface area (Å²) in [5.74, 6) is 0. The summed E-state index contributed by atoms with van der Waals surface area (Å²) >= 11 is 0. The van der Waals surface area contributed by atoms with Gasteiger partial charge in [0, 0.05) is 45.3 Å². The lowest BCUT2D eigenvalue weighted by Gasteiger charge is -2.34. The predicted molar refractivity (Wildman–Crippen MR) is 106 cm³/mol. The zero-order chi connectivity index (χ0) is 18.2. The van der Waals surface area contributed by atoms with Gasteiger partial charge >= 0.3 is 6.03 Å². The molecule has 0 spiro atoms. The quantitative estimate of drug-likeness (QED) is 0.762. The van der Waals surface area contributed by atoms with Crippen LogP contribution in [0.25, 0.3) is 0 Å². The molecule has 5 nitrogen and oxygen atoms in total. The number of urea groups is 1. The topological polar surface area (TPSA) is 38.8 Å². The molecule has 144 valence electrons. The summed E-state index contributed by atoms with van der Waals surface area (Å²) in [5.41, 5.74) is 1.34. The van der Waals surface area contributed by atoms with Crippen LogP contribution in [0.3, 0.4) is 0 Å². The normalized spacial score (nSPS) is 19.2. The highest BCUT2D eigenvalue weighted by molar-refractivity contribution is 5.74. The van der Waals surface area contributed by atoms with Gasteiger partial charge in [-0.3, -0.25) is 4.90 Å². The van der Waals surface area contributed by atoms with E-state index in [1.807, 2.05) is 4.90 Å². The van der Waals surface area contributed by atoms with Crippen molar-refractivity contribution >= 4 is 6.03 Å². The number of carbonyl (C=O) groups excluding carboxylic acids is 1. The largest absolute Gasteiger partial charge is 0.338 e. The summed E-state index contributed by atoms with van der Waals surface area (Å²) in [6, 6.07) is 11.4.